The van der Waals surface area contributed by atoms with Crippen molar-refractivity contribution in [2.75, 3.05) is 6.54 Å². The predicted molar refractivity (Wildman–Crippen MR) is 98.0 cm³/mol. The third kappa shape index (κ3) is 3.86. The highest BCUT2D eigenvalue weighted by Crippen LogP contribution is 2.30. The maximum atomic E-state index is 13.4. The van der Waals surface area contributed by atoms with Crippen LogP contribution >= 0.6 is 0 Å². The highest BCUT2D eigenvalue weighted by atomic mass is 19.1. The second-order valence-corrected chi connectivity index (χ2v) is 6.69. The number of amides is 1. The maximum absolute atomic E-state index is 13.4. The number of hydrogen-bond donors (Lipinski definition) is 1. The van der Waals surface area contributed by atoms with Crippen LogP contribution in [0.2, 0.25) is 0 Å². The first-order chi connectivity index (χ1) is 13.2. The number of piperidine rings is 1. The molecular weight excluding hydrogens is 345 g/mol. The van der Waals surface area contributed by atoms with Gasteiger partial charge in [-0.1, -0.05) is 12.1 Å². The van der Waals surface area contributed by atoms with Crippen molar-refractivity contribution >= 4 is 5.91 Å². The van der Waals surface area contributed by atoms with Crippen LogP contribution in [0.25, 0.3) is 11.4 Å². The average Bonchev–Trinajstić information content (AvgIpc) is 3.19. The normalized spacial score (nSPS) is 17.1. The van der Waals surface area contributed by atoms with Crippen molar-refractivity contribution in [3.8, 4) is 11.4 Å². The summed E-state index contributed by atoms with van der Waals surface area (Å²) in [6.45, 7) is 0.671. The van der Waals surface area contributed by atoms with Crippen LogP contribution in [0.4, 0.5) is 4.39 Å². The number of carbonyl (C=O) groups is 1. The van der Waals surface area contributed by atoms with E-state index in [1.165, 1.54) is 12.1 Å². The van der Waals surface area contributed by atoms with Crippen molar-refractivity contribution in [1.29, 1.82) is 0 Å². The summed E-state index contributed by atoms with van der Waals surface area (Å²) in [5, 5.41) is 7.30. The van der Waals surface area contributed by atoms with E-state index in [1.807, 2.05) is 17.0 Å². The smallest absolute Gasteiger partial charge is 0.227 e. The van der Waals surface area contributed by atoms with Gasteiger partial charge in [0.15, 0.2) is 5.82 Å². The molecule has 138 valence electrons. The van der Waals surface area contributed by atoms with Crippen molar-refractivity contribution in [1.82, 2.24) is 25.1 Å². The van der Waals surface area contributed by atoms with Crippen molar-refractivity contribution < 1.29 is 9.18 Å². The Bertz CT molecular complexity index is 927. The molecule has 1 fully saturated rings. The molecule has 0 radical (unpaired) electrons. The first-order valence-corrected chi connectivity index (χ1v) is 9.07. The molecule has 3 aromatic rings. The third-order valence-electron chi connectivity index (χ3n) is 4.82. The summed E-state index contributed by atoms with van der Waals surface area (Å²) in [4.78, 5) is 23.3. The summed E-state index contributed by atoms with van der Waals surface area (Å²) >= 11 is 0. The van der Waals surface area contributed by atoms with E-state index >= 15 is 0 Å². The van der Waals surface area contributed by atoms with Gasteiger partial charge in [0, 0.05) is 24.5 Å². The molecule has 1 saturated heterocycles. The van der Waals surface area contributed by atoms with Gasteiger partial charge in [0.2, 0.25) is 5.91 Å². The molecular formula is C20H20FN5O. The van der Waals surface area contributed by atoms with E-state index in [0.29, 0.717) is 23.8 Å². The molecule has 1 aliphatic heterocycles. The Kier molecular flexibility index (Phi) is 4.91. The van der Waals surface area contributed by atoms with Gasteiger partial charge < -0.3 is 4.90 Å². The minimum Gasteiger partial charge on any atom is -0.332 e. The summed E-state index contributed by atoms with van der Waals surface area (Å²) in [5.74, 6) is 0.935. The van der Waals surface area contributed by atoms with Crippen molar-refractivity contribution in [2.24, 2.45) is 0 Å². The number of hydrogen-bond acceptors (Lipinski definition) is 4. The van der Waals surface area contributed by atoms with Crippen LogP contribution in [0.5, 0.6) is 0 Å². The Balaban J connectivity index is 1.54. The van der Waals surface area contributed by atoms with Crippen LogP contribution in [0, 0.1) is 5.82 Å². The number of likely N-dealkylation sites (tertiary alicyclic amines) is 1. The Morgan fingerprint density at radius 3 is 2.89 bits per heavy atom. The summed E-state index contributed by atoms with van der Waals surface area (Å²) in [6, 6.07) is 9.75. The Morgan fingerprint density at radius 1 is 1.22 bits per heavy atom. The molecule has 6 nitrogen and oxygen atoms in total. The zero-order valence-corrected chi connectivity index (χ0v) is 14.8. The zero-order chi connectivity index (χ0) is 18.6. The molecule has 27 heavy (non-hydrogen) atoms. The van der Waals surface area contributed by atoms with E-state index in [0.717, 1.165) is 24.8 Å². The fourth-order valence-electron chi connectivity index (χ4n) is 3.49. The number of H-pyrrole nitrogens is 1. The number of halogens is 1. The molecule has 1 atom stereocenters. The van der Waals surface area contributed by atoms with Crippen molar-refractivity contribution in [2.45, 2.75) is 31.7 Å². The molecule has 0 spiro atoms. The Hall–Kier alpha value is -3.09. The van der Waals surface area contributed by atoms with Crippen LogP contribution in [-0.2, 0) is 11.2 Å². The van der Waals surface area contributed by atoms with Crippen LogP contribution in [0.15, 0.2) is 48.8 Å². The van der Waals surface area contributed by atoms with Gasteiger partial charge in [0.1, 0.15) is 11.6 Å². The molecule has 0 saturated carbocycles. The lowest BCUT2D eigenvalue weighted by Gasteiger charge is -2.34. The Morgan fingerprint density at radius 2 is 2.07 bits per heavy atom. The highest BCUT2D eigenvalue weighted by Gasteiger charge is 2.30. The van der Waals surface area contributed by atoms with Gasteiger partial charge in [-0.25, -0.2) is 9.37 Å². The molecule has 2 aromatic heterocycles. The minimum atomic E-state index is -0.326. The fourth-order valence-corrected chi connectivity index (χ4v) is 3.49. The van der Waals surface area contributed by atoms with Crippen LogP contribution in [-0.4, -0.2) is 37.5 Å². The van der Waals surface area contributed by atoms with Gasteiger partial charge >= 0.3 is 0 Å². The van der Waals surface area contributed by atoms with E-state index in [-0.39, 0.29) is 24.2 Å². The number of aromatic nitrogens is 4. The monoisotopic (exact) mass is 365 g/mol. The largest absolute Gasteiger partial charge is 0.332 e. The molecule has 1 unspecified atom stereocenters. The summed E-state index contributed by atoms with van der Waals surface area (Å²) < 4.78 is 13.4. The van der Waals surface area contributed by atoms with Crippen LogP contribution in [0.3, 0.4) is 0 Å². The lowest BCUT2D eigenvalue weighted by atomic mass is 10.00. The lowest BCUT2D eigenvalue weighted by Crippen LogP contribution is -2.39. The lowest BCUT2D eigenvalue weighted by molar-refractivity contribution is -0.134. The van der Waals surface area contributed by atoms with Gasteiger partial charge in [0.25, 0.3) is 0 Å². The van der Waals surface area contributed by atoms with Gasteiger partial charge in [-0.3, -0.25) is 14.9 Å². The topological polar surface area (TPSA) is 74.8 Å². The molecule has 4 rings (SSSR count). The average molecular weight is 365 g/mol. The van der Waals surface area contributed by atoms with E-state index in [2.05, 4.69) is 20.2 Å². The standard InChI is InChI=1S/C20H20FN5O/c21-16-5-3-4-14(12-16)13-18(27)26-11-2-1-6-17(26)20-23-19(24-25-20)15-7-9-22-10-8-15/h3-5,7-10,12,17H,1-2,6,11,13H2,(H,23,24,25). The molecule has 1 N–H and O–H groups in total. The SMILES string of the molecule is O=C(Cc1cccc(F)c1)N1CCCCC1c1nc(-c2ccncc2)n[nH]1. The van der Waals surface area contributed by atoms with Crippen LogP contribution < -0.4 is 0 Å². The fraction of sp³-hybridized carbons (Fsp3) is 0.300. The number of carbonyl (C=O) groups excluding carboxylic acids is 1. The van der Waals surface area contributed by atoms with E-state index in [1.54, 1.807) is 24.5 Å². The minimum absolute atomic E-state index is 0.0211. The number of aromatic amines is 1. The zero-order valence-electron chi connectivity index (χ0n) is 14.8. The summed E-state index contributed by atoms with van der Waals surface area (Å²) in [7, 11) is 0. The maximum Gasteiger partial charge on any atom is 0.227 e. The van der Waals surface area contributed by atoms with E-state index in [4.69, 9.17) is 0 Å². The summed E-state index contributed by atoms with van der Waals surface area (Å²) in [5.41, 5.74) is 1.56. The molecule has 3 heterocycles. The quantitative estimate of drug-likeness (QED) is 0.770. The first kappa shape index (κ1) is 17.3. The van der Waals surface area contributed by atoms with E-state index < -0.39 is 0 Å². The van der Waals surface area contributed by atoms with Gasteiger partial charge in [-0.05, 0) is 49.1 Å². The number of benzene rings is 1. The van der Waals surface area contributed by atoms with Crippen LogP contribution in [0.1, 0.15) is 36.7 Å². The summed E-state index contributed by atoms with van der Waals surface area (Å²) in [6.07, 6.45) is 6.39. The van der Waals surface area contributed by atoms with E-state index in [9.17, 15) is 9.18 Å². The highest BCUT2D eigenvalue weighted by molar-refractivity contribution is 5.79. The number of nitrogens with one attached hydrogen (secondary N) is 1. The number of rotatable bonds is 4. The molecule has 0 aliphatic carbocycles. The molecule has 1 amide bonds. The first-order valence-electron chi connectivity index (χ1n) is 9.07. The van der Waals surface area contributed by atoms with Gasteiger partial charge in [0.05, 0.1) is 12.5 Å². The molecule has 1 aliphatic rings. The molecule has 1 aromatic carbocycles. The molecule has 7 heteroatoms. The van der Waals surface area contributed by atoms with Crippen molar-refractivity contribution in [3.63, 3.8) is 0 Å². The number of nitrogens with zero attached hydrogens (tertiary/aromatic N) is 4. The Labute approximate surface area is 156 Å². The van der Waals surface area contributed by atoms with Gasteiger partial charge in [-0.2, -0.15) is 5.10 Å². The second-order valence-electron chi connectivity index (χ2n) is 6.69. The van der Waals surface area contributed by atoms with Gasteiger partial charge in [-0.15, -0.1) is 0 Å². The second kappa shape index (κ2) is 7.65. The van der Waals surface area contributed by atoms with Crippen molar-refractivity contribution in [3.05, 3.63) is 66.0 Å². The molecule has 0 bridgehead atoms. The predicted octanol–water partition coefficient (Wildman–Crippen LogP) is 3.30. The number of pyridine rings is 1. The third-order valence-corrected chi connectivity index (χ3v) is 4.82.